The van der Waals surface area contributed by atoms with Crippen molar-refractivity contribution < 1.29 is 9.59 Å². The van der Waals surface area contributed by atoms with Gasteiger partial charge in [-0.25, -0.2) is 0 Å². The van der Waals surface area contributed by atoms with E-state index in [-0.39, 0.29) is 18.9 Å². The Labute approximate surface area is 106 Å². The van der Waals surface area contributed by atoms with Gasteiger partial charge in [0.25, 0.3) is 0 Å². The number of thiophene rings is 1. The molecule has 0 radical (unpaired) electrons. The summed E-state index contributed by atoms with van der Waals surface area (Å²) in [7, 11) is 0. The van der Waals surface area contributed by atoms with E-state index in [0.29, 0.717) is 0 Å². The van der Waals surface area contributed by atoms with Crippen molar-refractivity contribution in [2.24, 2.45) is 5.73 Å². The van der Waals surface area contributed by atoms with Gasteiger partial charge in [0.15, 0.2) is 0 Å². The van der Waals surface area contributed by atoms with E-state index in [1.165, 1.54) is 17.4 Å². The van der Waals surface area contributed by atoms with Gasteiger partial charge in [0.2, 0.25) is 11.8 Å². The molecule has 0 saturated heterocycles. The third-order valence-corrected chi connectivity index (χ3v) is 3.32. The zero-order chi connectivity index (χ0) is 12.0. The molecule has 16 heavy (non-hydrogen) atoms. The Kier molecular flexibility index (Phi) is 5.21. The van der Waals surface area contributed by atoms with Crippen LogP contribution in [-0.2, 0) is 9.59 Å². The van der Waals surface area contributed by atoms with Crippen LogP contribution >= 0.6 is 27.3 Å². The SMILES string of the molecule is NC(=O)CCNC(=O)C=Cc1cc(Br)cs1. The molecule has 0 spiro atoms. The first-order chi connectivity index (χ1) is 7.58. The molecule has 6 heteroatoms. The van der Waals surface area contributed by atoms with Gasteiger partial charge in [0.1, 0.15) is 0 Å². The lowest BCUT2D eigenvalue weighted by Crippen LogP contribution is -2.26. The molecule has 0 bridgehead atoms. The van der Waals surface area contributed by atoms with Crippen LogP contribution in [0.1, 0.15) is 11.3 Å². The van der Waals surface area contributed by atoms with Crippen molar-refractivity contribution >= 4 is 45.2 Å². The fourth-order valence-electron chi connectivity index (χ4n) is 0.941. The Balaban J connectivity index is 2.34. The number of carbonyl (C=O) groups is 2. The molecule has 0 atom stereocenters. The lowest BCUT2D eigenvalue weighted by molar-refractivity contribution is -0.118. The molecule has 1 aromatic rings. The Morgan fingerprint density at radius 2 is 2.31 bits per heavy atom. The van der Waals surface area contributed by atoms with Crippen LogP contribution in [0.3, 0.4) is 0 Å². The first-order valence-corrected chi connectivity index (χ1v) is 6.23. The summed E-state index contributed by atoms with van der Waals surface area (Å²) in [6.45, 7) is 0.270. The standard InChI is InChI=1S/C10H11BrN2O2S/c11-7-5-8(16-6-7)1-2-10(15)13-4-3-9(12)14/h1-2,5-6H,3-4H2,(H2,12,14)(H,13,15). The minimum absolute atomic E-state index is 0.157. The Morgan fingerprint density at radius 3 is 2.88 bits per heavy atom. The number of amides is 2. The summed E-state index contributed by atoms with van der Waals surface area (Å²) in [5.41, 5.74) is 4.93. The Bertz CT molecular complexity index is 415. The topological polar surface area (TPSA) is 72.2 Å². The Morgan fingerprint density at radius 1 is 1.56 bits per heavy atom. The van der Waals surface area contributed by atoms with E-state index in [9.17, 15) is 9.59 Å². The van der Waals surface area contributed by atoms with Crippen LogP contribution in [0.5, 0.6) is 0 Å². The molecule has 0 aliphatic rings. The first-order valence-electron chi connectivity index (χ1n) is 4.56. The maximum absolute atomic E-state index is 11.2. The molecule has 0 saturated carbocycles. The quantitative estimate of drug-likeness (QED) is 0.809. The smallest absolute Gasteiger partial charge is 0.244 e. The maximum Gasteiger partial charge on any atom is 0.244 e. The van der Waals surface area contributed by atoms with E-state index in [1.54, 1.807) is 6.08 Å². The summed E-state index contributed by atoms with van der Waals surface area (Å²) < 4.78 is 0.992. The van der Waals surface area contributed by atoms with Gasteiger partial charge in [-0.15, -0.1) is 11.3 Å². The van der Waals surface area contributed by atoms with Gasteiger partial charge in [-0.3, -0.25) is 9.59 Å². The van der Waals surface area contributed by atoms with E-state index in [0.717, 1.165) is 9.35 Å². The van der Waals surface area contributed by atoms with E-state index in [4.69, 9.17) is 5.73 Å². The molecule has 0 aliphatic carbocycles. The monoisotopic (exact) mass is 302 g/mol. The average molecular weight is 303 g/mol. The van der Waals surface area contributed by atoms with E-state index in [2.05, 4.69) is 21.2 Å². The van der Waals surface area contributed by atoms with Crippen molar-refractivity contribution in [1.82, 2.24) is 5.32 Å². The largest absolute Gasteiger partial charge is 0.370 e. The fourth-order valence-corrected chi connectivity index (χ4v) is 2.28. The van der Waals surface area contributed by atoms with Crippen LogP contribution in [0.2, 0.25) is 0 Å². The Hall–Kier alpha value is -1.14. The minimum Gasteiger partial charge on any atom is -0.370 e. The average Bonchev–Trinajstić information content (AvgIpc) is 2.61. The van der Waals surface area contributed by atoms with Gasteiger partial charge in [-0.1, -0.05) is 0 Å². The highest BCUT2D eigenvalue weighted by Crippen LogP contribution is 2.20. The number of nitrogens with two attached hydrogens (primary N) is 1. The van der Waals surface area contributed by atoms with Crippen molar-refractivity contribution in [1.29, 1.82) is 0 Å². The van der Waals surface area contributed by atoms with Crippen LogP contribution in [0.4, 0.5) is 0 Å². The summed E-state index contributed by atoms with van der Waals surface area (Å²) in [6.07, 6.45) is 3.30. The normalized spacial score (nSPS) is 10.6. The third-order valence-electron chi connectivity index (χ3n) is 1.66. The molecule has 0 aliphatic heterocycles. The number of primary amides is 1. The number of hydrogen-bond donors (Lipinski definition) is 2. The number of nitrogens with one attached hydrogen (secondary N) is 1. The summed E-state index contributed by atoms with van der Waals surface area (Å²) in [4.78, 5) is 22.6. The second-order valence-corrected chi connectivity index (χ2v) is 4.87. The molecule has 1 rings (SSSR count). The molecule has 0 unspecified atom stereocenters. The van der Waals surface area contributed by atoms with E-state index >= 15 is 0 Å². The van der Waals surface area contributed by atoms with E-state index < -0.39 is 5.91 Å². The first kappa shape index (κ1) is 12.9. The van der Waals surface area contributed by atoms with Gasteiger partial charge in [0.05, 0.1) is 0 Å². The second-order valence-electron chi connectivity index (χ2n) is 3.01. The number of hydrogen-bond acceptors (Lipinski definition) is 3. The molecule has 2 amide bonds. The maximum atomic E-state index is 11.2. The van der Waals surface area contributed by atoms with Crippen LogP contribution in [0, 0.1) is 0 Å². The van der Waals surface area contributed by atoms with Crippen molar-refractivity contribution in [3.63, 3.8) is 0 Å². The van der Waals surface area contributed by atoms with Gasteiger partial charge >= 0.3 is 0 Å². The molecular weight excluding hydrogens is 292 g/mol. The summed E-state index contributed by atoms with van der Waals surface area (Å²) in [6, 6.07) is 1.91. The van der Waals surface area contributed by atoms with Crippen molar-refractivity contribution in [3.05, 3.63) is 26.9 Å². The highest BCUT2D eigenvalue weighted by molar-refractivity contribution is 9.10. The van der Waals surface area contributed by atoms with Crippen molar-refractivity contribution in [3.8, 4) is 0 Å². The van der Waals surface area contributed by atoms with Crippen molar-refractivity contribution in [2.45, 2.75) is 6.42 Å². The molecule has 0 aromatic carbocycles. The molecule has 1 aromatic heterocycles. The zero-order valence-electron chi connectivity index (χ0n) is 8.40. The van der Waals surface area contributed by atoms with Gasteiger partial charge in [-0.05, 0) is 28.1 Å². The van der Waals surface area contributed by atoms with Gasteiger partial charge < -0.3 is 11.1 Å². The molecule has 1 heterocycles. The third kappa shape index (κ3) is 5.09. The second kappa shape index (κ2) is 6.44. The number of carbonyl (C=O) groups excluding carboxylic acids is 2. The fraction of sp³-hybridized carbons (Fsp3) is 0.200. The summed E-state index contributed by atoms with van der Waals surface area (Å²) in [5, 5.41) is 4.49. The van der Waals surface area contributed by atoms with Crippen LogP contribution in [-0.4, -0.2) is 18.4 Å². The molecule has 86 valence electrons. The minimum atomic E-state index is -0.425. The molecule has 4 nitrogen and oxygen atoms in total. The lowest BCUT2D eigenvalue weighted by atomic mass is 10.3. The molecule has 3 N–H and O–H groups in total. The predicted molar refractivity (Wildman–Crippen MR) is 67.9 cm³/mol. The number of rotatable bonds is 5. The zero-order valence-corrected chi connectivity index (χ0v) is 10.8. The van der Waals surface area contributed by atoms with E-state index in [1.807, 2.05) is 11.4 Å². The summed E-state index contributed by atoms with van der Waals surface area (Å²) in [5.74, 6) is -0.655. The van der Waals surface area contributed by atoms with Gasteiger partial charge in [-0.2, -0.15) is 0 Å². The van der Waals surface area contributed by atoms with Crippen LogP contribution in [0.25, 0.3) is 6.08 Å². The number of halogens is 1. The molecular formula is C10H11BrN2O2S. The lowest BCUT2D eigenvalue weighted by Gasteiger charge is -1.98. The molecule has 0 fully saturated rings. The summed E-state index contributed by atoms with van der Waals surface area (Å²) >= 11 is 4.85. The van der Waals surface area contributed by atoms with Crippen LogP contribution in [0.15, 0.2) is 22.0 Å². The highest BCUT2D eigenvalue weighted by atomic mass is 79.9. The van der Waals surface area contributed by atoms with Gasteiger partial charge in [0, 0.05) is 33.8 Å². The van der Waals surface area contributed by atoms with Crippen molar-refractivity contribution in [2.75, 3.05) is 6.54 Å². The highest BCUT2D eigenvalue weighted by Gasteiger charge is 1.98. The van der Waals surface area contributed by atoms with Crippen LogP contribution < -0.4 is 11.1 Å². The predicted octanol–water partition coefficient (Wildman–Crippen LogP) is 1.52.